The molecule has 1 atom stereocenters. The molecule has 0 aliphatic carbocycles. The highest BCUT2D eigenvalue weighted by atomic mass is 32.2. The van der Waals surface area contributed by atoms with Crippen LogP contribution in [0.3, 0.4) is 0 Å². The third-order valence-electron chi connectivity index (χ3n) is 4.39. The van der Waals surface area contributed by atoms with Crippen LogP contribution in [0.2, 0.25) is 0 Å². The molecule has 1 aliphatic heterocycles. The summed E-state index contributed by atoms with van der Waals surface area (Å²) in [5.74, 6) is 1.23. The molecule has 3 rings (SSSR count). The molecule has 23 heavy (non-hydrogen) atoms. The lowest BCUT2D eigenvalue weighted by atomic mass is 10.0. The Morgan fingerprint density at radius 1 is 1.22 bits per heavy atom. The van der Waals surface area contributed by atoms with Crippen molar-refractivity contribution in [3.63, 3.8) is 0 Å². The van der Waals surface area contributed by atoms with Gasteiger partial charge in [0.15, 0.2) is 10.9 Å². The van der Waals surface area contributed by atoms with E-state index in [4.69, 9.17) is 0 Å². The number of thioether (sulfide) groups is 1. The monoisotopic (exact) mass is 329 g/mol. The van der Waals surface area contributed by atoms with Crippen molar-refractivity contribution in [2.45, 2.75) is 63.4 Å². The van der Waals surface area contributed by atoms with E-state index in [0.717, 1.165) is 47.1 Å². The quantitative estimate of drug-likeness (QED) is 0.629. The minimum Gasteiger partial charge on any atom is -0.306 e. The van der Waals surface area contributed by atoms with E-state index in [-0.39, 0.29) is 11.0 Å². The summed E-state index contributed by atoms with van der Waals surface area (Å²) in [5.41, 5.74) is 2.97. The van der Waals surface area contributed by atoms with E-state index >= 15 is 0 Å². The second kappa shape index (κ2) is 6.87. The Kier molecular flexibility index (Phi) is 4.85. The van der Waals surface area contributed by atoms with Crippen LogP contribution in [0.1, 0.15) is 53.5 Å². The van der Waals surface area contributed by atoms with Crippen molar-refractivity contribution >= 4 is 17.5 Å². The summed E-state index contributed by atoms with van der Waals surface area (Å²) in [6.07, 6.45) is 4.58. The Hall–Kier alpha value is -1.62. The van der Waals surface area contributed by atoms with Gasteiger partial charge in [0.2, 0.25) is 0 Å². The van der Waals surface area contributed by atoms with Gasteiger partial charge in [0.1, 0.15) is 5.82 Å². The summed E-state index contributed by atoms with van der Waals surface area (Å²) in [6, 6.07) is 6.05. The normalized spacial score (nSPS) is 15.8. The smallest absolute Gasteiger partial charge is 0.191 e. The maximum atomic E-state index is 12.8. The Balaban J connectivity index is 1.79. The van der Waals surface area contributed by atoms with Crippen LogP contribution in [-0.4, -0.2) is 25.8 Å². The number of benzene rings is 1. The van der Waals surface area contributed by atoms with E-state index in [2.05, 4.69) is 14.8 Å². The van der Waals surface area contributed by atoms with Crippen LogP contribution >= 0.6 is 11.8 Å². The lowest BCUT2D eigenvalue weighted by Gasteiger charge is -2.13. The molecular formula is C18H23N3OS. The van der Waals surface area contributed by atoms with Gasteiger partial charge >= 0.3 is 0 Å². The summed E-state index contributed by atoms with van der Waals surface area (Å²) < 4.78 is 2.20. The van der Waals surface area contributed by atoms with E-state index in [9.17, 15) is 4.79 Å². The van der Waals surface area contributed by atoms with Crippen molar-refractivity contribution in [3.05, 3.63) is 40.7 Å². The highest BCUT2D eigenvalue weighted by molar-refractivity contribution is 8.00. The fraction of sp³-hybridized carbons (Fsp3) is 0.500. The number of aryl methyl sites for hydroxylation is 3. The standard InChI is InChI=1S/C18H23N3OS/c1-12-8-9-13(2)15(11-12)17(22)14(3)23-18-20-19-16-7-5-4-6-10-21(16)18/h8-9,11,14H,4-7,10H2,1-3H3/t14-/m1/s1. The van der Waals surface area contributed by atoms with Crippen molar-refractivity contribution in [2.24, 2.45) is 0 Å². The van der Waals surface area contributed by atoms with Gasteiger partial charge in [-0.1, -0.05) is 35.9 Å². The SMILES string of the molecule is Cc1ccc(C)c(C(=O)[C@@H](C)Sc2nnc3n2CCCCC3)c1. The van der Waals surface area contributed by atoms with Crippen molar-refractivity contribution in [1.82, 2.24) is 14.8 Å². The first-order valence-electron chi connectivity index (χ1n) is 8.26. The van der Waals surface area contributed by atoms with Gasteiger partial charge in [0.05, 0.1) is 5.25 Å². The zero-order valence-electron chi connectivity index (χ0n) is 14.0. The first-order valence-corrected chi connectivity index (χ1v) is 9.14. The van der Waals surface area contributed by atoms with Crippen molar-refractivity contribution in [2.75, 3.05) is 0 Å². The number of carbonyl (C=O) groups is 1. The second-order valence-electron chi connectivity index (χ2n) is 6.30. The minimum absolute atomic E-state index is 0.160. The fourth-order valence-corrected chi connectivity index (χ4v) is 3.94. The lowest BCUT2D eigenvalue weighted by Crippen LogP contribution is -2.16. The molecular weight excluding hydrogens is 306 g/mol. The molecule has 5 heteroatoms. The van der Waals surface area contributed by atoms with E-state index < -0.39 is 0 Å². The first kappa shape index (κ1) is 16.2. The van der Waals surface area contributed by atoms with Crippen LogP contribution < -0.4 is 0 Å². The molecule has 1 aromatic heterocycles. The molecule has 2 heterocycles. The molecule has 4 nitrogen and oxygen atoms in total. The van der Waals surface area contributed by atoms with Crippen LogP contribution in [-0.2, 0) is 13.0 Å². The Labute approximate surface area is 141 Å². The van der Waals surface area contributed by atoms with E-state index in [0.29, 0.717) is 0 Å². The van der Waals surface area contributed by atoms with Gasteiger partial charge in [0, 0.05) is 18.5 Å². The van der Waals surface area contributed by atoms with Crippen molar-refractivity contribution in [1.29, 1.82) is 0 Å². The number of carbonyl (C=O) groups excluding carboxylic acids is 1. The van der Waals surface area contributed by atoms with Gasteiger partial charge < -0.3 is 4.57 Å². The molecule has 0 saturated heterocycles. The average molecular weight is 329 g/mol. The molecule has 1 aromatic carbocycles. The number of rotatable bonds is 4. The number of aromatic nitrogens is 3. The molecule has 2 aromatic rings. The van der Waals surface area contributed by atoms with Crippen molar-refractivity contribution < 1.29 is 4.79 Å². The molecule has 1 aliphatic rings. The van der Waals surface area contributed by atoms with Gasteiger partial charge in [-0.25, -0.2) is 0 Å². The maximum Gasteiger partial charge on any atom is 0.191 e. The molecule has 0 saturated carbocycles. The van der Waals surface area contributed by atoms with Gasteiger partial charge in [-0.15, -0.1) is 10.2 Å². The van der Waals surface area contributed by atoms with Crippen LogP contribution in [0, 0.1) is 13.8 Å². The minimum atomic E-state index is -0.160. The number of Topliss-reactive ketones (excluding diaryl/α,β-unsaturated/α-hetero) is 1. The predicted octanol–water partition coefficient (Wildman–Crippen LogP) is 3.98. The average Bonchev–Trinajstić information content (AvgIpc) is 2.76. The highest BCUT2D eigenvalue weighted by Gasteiger charge is 2.23. The molecule has 0 fully saturated rings. The summed E-state index contributed by atoms with van der Waals surface area (Å²) in [6.45, 7) is 6.95. The molecule has 0 spiro atoms. The molecule has 0 N–H and O–H groups in total. The summed E-state index contributed by atoms with van der Waals surface area (Å²) in [4.78, 5) is 12.8. The van der Waals surface area contributed by atoms with Gasteiger partial charge in [-0.3, -0.25) is 4.79 Å². The molecule has 0 radical (unpaired) electrons. The van der Waals surface area contributed by atoms with Crippen LogP contribution in [0.15, 0.2) is 23.4 Å². The largest absolute Gasteiger partial charge is 0.306 e. The predicted molar refractivity (Wildman–Crippen MR) is 93.1 cm³/mol. The first-order chi connectivity index (χ1) is 11.1. The van der Waals surface area contributed by atoms with E-state index in [1.54, 1.807) is 0 Å². The van der Waals surface area contributed by atoms with E-state index in [1.165, 1.54) is 24.6 Å². The third-order valence-corrected chi connectivity index (χ3v) is 5.47. The summed E-state index contributed by atoms with van der Waals surface area (Å²) in [5, 5.41) is 9.36. The van der Waals surface area contributed by atoms with Crippen LogP contribution in [0.4, 0.5) is 0 Å². The van der Waals surface area contributed by atoms with Crippen molar-refractivity contribution in [3.8, 4) is 0 Å². The molecule has 0 unspecified atom stereocenters. The highest BCUT2D eigenvalue weighted by Crippen LogP contribution is 2.28. The fourth-order valence-electron chi connectivity index (χ4n) is 2.98. The number of ketones is 1. The van der Waals surface area contributed by atoms with Crippen LogP contribution in [0.5, 0.6) is 0 Å². The topological polar surface area (TPSA) is 47.8 Å². The molecule has 122 valence electrons. The van der Waals surface area contributed by atoms with Crippen LogP contribution in [0.25, 0.3) is 0 Å². The van der Waals surface area contributed by atoms with Gasteiger partial charge in [-0.05, 0) is 45.2 Å². The third kappa shape index (κ3) is 3.50. The number of nitrogens with zero attached hydrogens (tertiary/aromatic N) is 3. The molecule has 0 bridgehead atoms. The second-order valence-corrected chi connectivity index (χ2v) is 7.61. The Bertz CT molecular complexity index is 723. The molecule has 0 amide bonds. The number of fused-ring (bicyclic) bond motifs is 1. The van der Waals surface area contributed by atoms with Gasteiger partial charge in [-0.2, -0.15) is 0 Å². The Morgan fingerprint density at radius 3 is 2.87 bits per heavy atom. The van der Waals surface area contributed by atoms with Gasteiger partial charge in [0.25, 0.3) is 0 Å². The summed E-state index contributed by atoms with van der Waals surface area (Å²) >= 11 is 1.53. The summed E-state index contributed by atoms with van der Waals surface area (Å²) in [7, 11) is 0. The maximum absolute atomic E-state index is 12.8. The number of hydrogen-bond donors (Lipinski definition) is 0. The zero-order chi connectivity index (χ0) is 16.4. The lowest BCUT2D eigenvalue weighted by molar-refractivity contribution is 0.0993. The zero-order valence-corrected chi connectivity index (χ0v) is 14.8. The van der Waals surface area contributed by atoms with E-state index in [1.807, 2.05) is 39.0 Å². The number of hydrogen-bond acceptors (Lipinski definition) is 4. The Morgan fingerprint density at radius 2 is 2.04 bits per heavy atom.